The Bertz CT molecular complexity index is 979. The van der Waals surface area contributed by atoms with Crippen LogP contribution < -0.4 is 4.72 Å². The molecule has 10 heteroatoms. The molecule has 0 radical (unpaired) electrons. The number of nitrogens with one attached hydrogen (secondary N) is 1. The Morgan fingerprint density at radius 1 is 1.27 bits per heavy atom. The second kappa shape index (κ2) is 5.38. The molecule has 0 aliphatic rings. The summed E-state index contributed by atoms with van der Waals surface area (Å²) in [6.45, 7) is 3.41. The Hall–Kier alpha value is -1.35. The standard InChI is InChI=1S/C12H10Cl2N4O2S2/c1-6-11(18-12(15-6)21-7(2)16-18)22(19,20)17-10-4-3-8(13)5-9(10)14/h3-5,17H,1-2H3. The van der Waals surface area contributed by atoms with Crippen molar-refractivity contribution in [3.8, 4) is 0 Å². The van der Waals surface area contributed by atoms with Gasteiger partial charge in [0.1, 0.15) is 5.01 Å². The van der Waals surface area contributed by atoms with Crippen molar-refractivity contribution in [2.24, 2.45) is 0 Å². The van der Waals surface area contributed by atoms with Crippen molar-refractivity contribution in [2.45, 2.75) is 18.9 Å². The highest BCUT2D eigenvalue weighted by Crippen LogP contribution is 2.29. The van der Waals surface area contributed by atoms with E-state index in [1.54, 1.807) is 19.9 Å². The molecule has 0 bridgehead atoms. The zero-order valence-electron chi connectivity index (χ0n) is 11.5. The van der Waals surface area contributed by atoms with Crippen LogP contribution in [0.1, 0.15) is 10.7 Å². The Morgan fingerprint density at radius 3 is 2.68 bits per heavy atom. The molecular formula is C12H10Cl2N4O2S2. The topological polar surface area (TPSA) is 76.4 Å². The average molecular weight is 377 g/mol. The van der Waals surface area contributed by atoms with E-state index >= 15 is 0 Å². The minimum absolute atomic E-state index is 0.00198. The van der Waals surface area contributed by atoms with E-state index in [4.69, 9.17) is 23.2 Å². The zero-order chi connectivity index (χ0) is 16.1. The van der Waals surface area contributed by atoms with Gasteiger partial charge in [-0.25, -0.2) is 4.98 Å². The lowest BCUT2D eigenvalue weighted by molar-refractivity contribution is 0.592. The summed E-state index contributed by atoms with van der Waals surface area (Å²) in [4.78, 5) is 4.75. The molecule has 0 saturated heterocycles. The summed E-state index contributed by atoms with van der Waals surface area (Å²) in [6.07, 6.45) is 0. The molecule has 0 aliphatic carbocycles. The van der Waals surface area contributed by atoms with Crippen LogP contribution in [0.15, 0.2) is 23.2 Å². The van der Waals surface area contributed by atoms with Gasteiger partial charge in [0.2, 0.25) is 9.99 Å². The van der Waals surface area contributed by atoms with Gasteiger partial charge in [0.25, 0.3) is 10.0 Å². The Balaban J connectivity index is 2.10. The molecule has 0 atom stereocenters. The van der Waals surface area contributed by atoms with Crippen molar-refractivity contribution in [3.05, 3.63) is 38.9 Å². The zero-order valence-corrected chi connectivity index (χ0v) is 14.6. The van der Waals surface area contributed by atoms with Crippen LogP contribution in [-0.4, -0.2) is 23.0 Å². The number of benzene rings is 1. The highest BCUT2D eigenvalue weighted by atomic mass is 35.5. The molecule has 2 aromatic heterocycles. The number of halogens is 2. The van der Waals surface area contributed by atoms with E-state index in [1.807, 2.05) is 0 Å². The van der Waals surface area contributed by atoms with Crippen LogP contribution in [0, 0.1) is 13.8 Å². The fourth-order valence-electron chi connectivity index (χ4n) is 2.00. The molecule has 0 aliphatic heterocycles. The number of sulfonamides is 1. The van der Waals surface area contributed by atoms with Crippen LogP contribution in [0.3, 0.4) is 0 Å². The van der Waals surface area contributed by atoms with E-state index in [9.17, 15) is 8.42 Å². The van der Waals surface area contributed by atoms with Crippen LogP contribution in [0.25, 0.3) is 4.96 Å². The van der Waals surface area contributed by atoms with Crippen molar-refractivity contribution in [2.75, 3.05) is 4.72 Å². The van der Waals surface area contributed by atoms with Gasteiger partial charge in [-0.05, 0) is 32.0 Å². The smallest absolute Gasteiger partial charge is 0.277 e. The fraction of sp³-hybridized carbons (Fsp3) is 0.167. The summed E-state index contributed by atoms with van der Waals surface area (Å²) in [5.41, 5.74) is 0.615. The van der Waals surface area contributed by atoms with Gasteiger partial charge in [-0.2, -0.15) is 18.0 Å². The molecule has 2 heterocycles. The Morgan fingerprint density at radius 2 is 2.00 bits per heavy atom. The first-order valence-electron chi connectivity index (χ1n) is 6.08. The van der Waals surface area contributed by atoms with E-state index < -0.39 is 10.0 Å². The molecule has 0 unspecified atom stereocenters. The molecule has 6 nitrogen and oxygen atoms in total. The molecule has 116 valence electrons. The first-order chi connectivity index (χ1) is 10.3. The number of hydrogen-bond acceptors (Lipinski definition) is 5. The molecule has 22 heavy (non-hydrogen) atoms. The molecule has 0 spiro atoms. The van der Waals surface area contributed by atoms with E-state index in [1.165, 1.54) is 28.0 Å². The van der Waals surface area contributed by atoms with Gasteiger partial charge in [0, 0.05) is 5.02 Å². The molecule has 3 rings (SSSR count). The monoisotopic (exact) mass is 376 g/mol. The number of nitrogens with zero attached hydrogens (tertiary/aromatic N) is 3. The average Bonchev–Trinajstić information content (AvgIpc) is 2.86. The second-order valence-electron chi connectivity index (χ2n) is 4.55. The predicted octanol–water partition coefficient (Wildman–Crippen LogP) is 3.52. The van der Waals surface area contributed by atoms with Gasteiger partial charge >= 0.3 is 0 Å². The highest BCUT2D eigenvalue weighted by molar-refractivity contribution is 7.92. The summed E-state index contributed by atoms with van der Waals surface area (Å²) in [7, 11) is -3.88. The van der Waals surface area contributed by atoms with Gasteiger partial charge in [-0.15, -0.1) is 0 Å². The number of hydrogen-bond donors (Lipinski definition) is 1. The molecule has 3 aromatic rings. The first-order valence-corrected chi connectivity index (χ1v) is 9.14. The van der Waals surface area contributed by atoms with Crippen LogP contribution in [0.2, 0.25) is 10.0 Å². The van der Waals surface area contributed by atoms with Gasteiger partial charge in [0.15, 0.2) is 0 Å². The maximum Gasteiger partial charge on any atom is 0.281 e. The quantitative estimate of drug-likeness (QED) is 0.758. The summed E-state index contributed by atoms with van der Waals surface area (Å²) in [5, 5.41) is 5.54. The molecule has 0 saturated carbocycles. The SMILES string of the molecule is Cc1nn2c(S(=O)(=O)Nc3ccc(Cl)cc3Cl)c(C)nc2s1. The van der Waals surface area contributed by atoms with Crippen LogP contribution in [-0.2, 0) is 10.0 Å². The normalized spacial score (nSPS) is 12.0. The Kier molecular flexibility index (Phi) is 3.80. The summed E-state index contributed by atoms with van der Waals surface area (Å²) in [6, 6.07) is 4.52. The van der Waals surface area contributed by atoms with Gasteiger partial charge in [-0.3, -0.25) is 4.72 Å². The number of rotatable bonds is 3. The summed E-state index contributed by atoms with van der Waals surface area (Å²) in [5.74, 6) is 0. The van der Waals surface area contributed by atoms with Gasteiger partial charge < -0.3 is 0 Å². The van der Waals surface area contributed by atoms with Crippen LogP contribution >= 0.6 is 34.5 Å². The highest BCUT2D eigenvalue weighted by Gasteiger charge is 2.26. The summed E-state index contributed by atoms with van der Waals surface area (Å²) >= 11 is 13.1. The predicted molar refractivity (Wildman–Crippen MR) is 87.6 cm³/mol. The lowest BCUT2D eigenvalue weighted by Gasteiger charge is -2.09. The third-order valence-electron chi connectivity index (χ3n) is 2.86. The van der Waals surface area contributed by atoms with Crippen molar-refractivity contribution >= 4 is 55.2 Å². The van der Waals surface area contributed by atoms with E-state index in [0.717, 1.165) is 5.01 Å². The van der Waals surface area contributed by atoms with E-state index in [0.29, 0.717) is 15.7 Å². The molecular weight excluding hydrogens is 367 g/mol. The van der Waals surface area contributed by atoms with Crippen molar-refractivity contribution < 1.29 is 8.42 Å². The molecule has 0 fully saturated rings. The number of fused-ring (bicyclic) bond motifs is 1. The molecule has 0 amide bonds. The lowest BCUT2D eigenvalue weighted by Crippen LogP contribution is -2.17. The third-order valence-corrected chi connectivity index (χ3v) is 5.69. The number of imidazole rings is 1. The summed E-state index contributed by atoms with van der Waals surface area (Å²) < 4.78 is 29.1. The van der Waals surface area contributed by atoms with E-state index in [2.05, 4.69) is 14.8 Å². The number of anilines is 1. The van der Waals surface area contributed by atoms with Crippen molar-refractivity contribution in [1.29, 1.82) is 0 Å². The van der Waals surface area contributed by atoms with E-state index in [-0.39, 0.29) is 15.7 Å². The largest absolute Gasteiger partial charge is 0.281 e. The van der Waals surface area contributed by atoms with Gasteiger partial charge in [-0.1, -0.05) is 34.5 Å². The van der Waals surface area contributed by atoms with Gasteiger partial charge in [0.05, 0.1) is 16.4 Å². The molecule has 1 aromatic carbocycles. The third kappa shape index (κ3) is 2.67. The van der Waals surface area contributed by atoms with Crippen molar-refractivity contribution in [1.82, 2.24) is 14.6 Å². The lowest BCUT2D eigenvalue weighted by atomic mass is 10.3. The minimum atomic E-state index is -3.88. The second-order valence-corrected chi connectivity index (χ2v) is 8.15. The van der Waals surface area contributed by atoms with Crippen LogP contribution in [0.4, 0.5) is 5.69 Å². The maximum atomic E-state index is 12.6. The first kappa shape index (κ1) is 15.5. The number of aryl methyl sites for hydroxylation is 2. The number of aromatic nitrogens is 3. The fourth-order valence-corrected chi connectivity index (χ4v) is 4.71. The Labute approximate surface area is 140 Å². The van der Waals surface area contributed by atoms with Crippen LogP contribution in [0.5, 0.6) is 0 Å². The maximum absolute atomic E-state index is 12.6. The minimum Gasteiger partial charge on any atom is -0.277 e. The molecule has 1 N–H and O–H groups in total. The van der Waals surface area contributed by atoms with Crippen molar-refractivity contribution in [3.63, 3.8) is 0 Å².